The molecule has 2 rings (SSSR count). The van der Waals surface area contributed by atoms with Crippen LogP contribution in [0.1, 0.15) is 28.8 Å². The van der Waals surface area contributed by atoms with Crippen molar-refractivity contribution in [1.82, 2.24) is 15.2 Å². The first-order chi connectivity index (χ1) is 11.1. The highest BCUT2D eigenvalue weighted by Crippen LogP contribution is 2.10. The quantitative estimate of drug-likeness (QED) is 0.652. The van der Waals surface area contributed by atoms with Crippen molar-refractivity contribution in [2.45, 2.75) is 33.7 Å². The molecule has 0 radical (unpaired) electrons. The Balaban J connectivity index is 1.98. The molecule has 0 aliphatic heterocycles. The monoisotopic (exact) mass is 330 g/mol. The van der Waals surface area contributed by atoms with E-state index in [1.165, 1.54) is 11.1 Å². The van der Waals surface area contributed by atoms with Crippen LogP contribution in [0.15, 0.2) is 34.6 Å². The van der Waals surface area contributed by atoms with Gasteiger partial charge in [-0.3, -0.25) is 4.99 Å². The fourth-order valence-electron chi connectivity index (χ4n) is 2.39. The Labute approximate surface area is 143 Å². The van der Waals surface area contributed by atoms with E-state index < -0.39 is 0 Å². The molecule has 0 spiro atoms. The van der Waals surface area contributed by atoms with Crippen molar-refractivity contribution in [3.63, 3.8) is 0 Å². The molecule has 2 aromatic rings. The van der Waals surface area contributed by atoms with Crippen molar-refractivity contribution < 1.29 is 0 Å². The molecular weight excluding hydrogens is 304 g/mol. The number of aryl methyl sites for hydroxylation is 2. The summed E-state index contributed by atoms with van der Waals surface area (Å²) in [5, 5.41) is 6.61. The Morgan fingerprint density at radius 2 is 2.09 bits per heavy atom. The minimum absolute atomic E-state index is 0.754. The minimum Gasteiger partial charge on any atom is -0.357 e. The van der Waals surface area contributed by atoms with Crippen LogP contribution in [0.3, 0.4) is 0 Å². The van der Waals surface area contributed by atoms with E-state index >= 15 is 0 Å². The first-order valence-corrected chi connectivity index (χ1v) is 8.93. The number of nitrogens with one attached hydrogen (secondary N) is 1. The molecule has 0 saturated heterocycles. The highest BCUT2D eigenvalue weighted by molar-refractivity contribution is 7.09. The van der Waals surface area contributed by atoms with Crippen molar-refractivity contribution in [2.24, 2.45) is 4.99 Å². The highest BCUT2D eigenvalue weighted by Gasteiger charge is 2.08. The van der Waals surface area contributed by atoms with E-state index in [0.717, 1.165) is 42.7 Å². The normalized spacial score (nSPS) is 11.6. The van der Waals surface area contributed by atoms with Gasteiger partial charge in [-0.1, -0.05) is 24.3 Å². The zero-order valence-corrected chi connectivity index (χ0v) is 15.3. The maximum absolute atomic E-state index is 4.74. The van der Waals surface area contributed by atoms with Crippen LogP contribution in [-0.2, 0) is 13.0 Å². The van der Waals surface area contributed by atoms with Gasteiger partial charge in [0, 0.05) is 38.5 Å². The summed E-state index contributed by atoms with van der Waals surface area (Å²) in [5.74, 6) is 0.947. The van der Waals surface area contributed by atoms with E-state index in [0.29, 0.717) is 0 Å². The summed E-state index contributed by atoms with van der Waals surface area (Å²) in [6.07, 6.45) is 0.886. The molecule has 4 nitrogen and oxygen atoms in total. The van der Waals surface area contributed by atoms with Crippen LogP contribution >= 0.6 is 11.3 Å². The molecule has 0 atom stereocenters. The smallest absolute Gasteiger partial charge is 0.193 e. The number of thiazole rings is 1. The van der Waals surface area contributed by atoms with E-state index in [2.05, 4.69) is 65.7 Å². The number of hydrogen-bond donors (Lipinski definition) is 1. The molecule has 5 heteroatoms. The van der Waals surface area contributed by atoms with Crippen molar-refractivity contribution >= 4 is 17.3 Å². The molecule has 124 valence electrons. The third-order valence-corrected chi connectivity index (χ3v) is 4.48. The molecule has 23 heavy (non-hydrogen) atoms. The molecule has 0 fully saturated rings. The van der Waals surface area contributed by atoms with Gasteiger partial charge >= 0.3 is 0 Å². The maximum atomic E-state index is 4.74. The van der Waals surface area contributed by atoms with Gasteiger partial charge in [0.2, 0.25) is 0 Å². The van der Waals surface area contributed by atoms with E-state index in [4.69, 9.17) is 4.99 Å². The molecule has 1 aromatic carbocycles. The number of benzene rings is 1. The Bertz CT molecular complexity index is 648. The van der Waals surface area contributed by atoms with Gasteiger partial charge in [0.25, 0.3) is 0 Å². The predicted octanol–water partition coefficient (Wildman–Crippen LogP) is 3.40. The summed E-state index contributed by atoms with van der Waals surface area (Å²) in [5.41, 5.74) is 3.78. The molecule has 1 heterocycles. The number of guanidine groups is 1. The Hall–Kier alpha value is -1.88. The van der Waals surface area contributed by atoms with Gasteiger partial charge in [0.15, 0.2) is 5.96 Å². The standard InChI is InChI=1S/C18H26N4S/c1-5-19-18(20-11-10-17-13-23-15(3)21-17)22(4)12-16-9-7-6-8-14(16)2/h6-9,13H,5,10-12H2,1-4H3,(H,19,20). The van der Waals surface area contributed by atoms with Crippen molar-refractivity contribution in [2.75, 3.05) is 20.1 Å². The third-order valence-electron chi connectivity index (χ3n) is 3.66. The number of aliphatic imine (C=N–C) groups is 1. The average molecular weight is 331 g/mol. The summed E-state index contributed by atoms with van der Waals surface area (Å²) in [6, 6.07) is 8.49. The zero-order chi connectivity index (χ0) is 16.7. The van der Waals surface area contributed by atoms with E-state index in [1.807, 2.05) is 6.92 Å². The van der Waals surface area contributed by atoms with Crippen molar-refractivity contribution in [3.8, 4) is 0 Å². The lowest BCUT2D eigenvalue weighted by Crippen LogP contribution is -2.38. The summed E-state index contributed by atoms with van der Waals surface area (Å²) in [7, 11) is 2.08. The Morgan fingerprint density at radius 3 is 2.74 bits per heavy atom. The SMILES string of the molecule is CCNC(=NCCc1csc(C)n1)N(C)Cc1ccccc1C. The minimum atomic E-state index is 0.754. The molecule has 0 aliphatic rings. The lowest BCUT2D eigenvalue weighted by molar-refractivity contribution is 0.475. The highest BCUT2D eigenvalue weighted by atomic mass is 32.1. The van der Waals surface area contributed by atoms with Gasteiger partial charge in [0.1, 0.15) is 0 Å². The predicted molar refractivity (Wildman–Crippen MR) is 99.2 cm³/mol. The fourth-order valence-corrected chi connectivity index (χ4v) is 3.03. The van der Waals surface area contributed by atoms with E-state index in [1.54, 1.807) is 11.3 Å². The molecule has 0 amide bonds. The van der Waals surface area contributed by atoms with Crippen LogP contribution in [0.2, 0.25) is 0 Å². The van der Waals surface area contributed by atoms with Gasteiger partial charge in [-0.2, -0.15) is 0 Å². The molecule has 0 aliphatic carbocycles. The van der Waals surface area contributed by atoms with Crippen LogP contribution in [0.25, 0.3) is 0 Å². The second kappa shape index (κ2) is 8.67. The van der Waals surface area contributed by atoms with Gasteiger partial charge < -0.3 is 10.2 Å². The van der Waals surface area contributed by atoms with E-state index in [-0.39, 0.29) is 0 Å². The Kier molecular flexibility index (Phi) is 6.59. The first kappa shape index (κ1) is 17.5. The van der Waals surface area contributed by atoms with Crippen LogP contribution in [0.5, 0.6) is 0 Å². The van der Waals surface area contributed by atoms with Gasteiger partial charge in [-0.25, -0.2) is 4.98 Å². The number of hydrogen-bond acceptors (Lipinski definition) is 3. The molecule has 0 bridgehead atoms. The Morgan fingerprint density at radius 1 is 1.30 bits per heavy atom. The molecule has 0 unspecified atom stereocenters. The lowest BCUT2D eigenvalue weighted by Gasteiger charge is -2.23. The second-order valence-electron chi connectivity index (χ2n) is 5.63. The van der Waals surface area contributed by atoms with Crippen LogP contribution < -0.4 is 5.32 Å². The van der Waals surface area contributed by atoms with Crippen molar-refractivity contribution in [1.29, 1.82) is 0 Å². The number of nitrogens with zero attached hydrogens (tertiary/aromatic N) is 3. The second-order valence-corrected chi connectivity index (χ2v) is 6.69. The summed E-state index contributed by atoms with van der Waals surface area (Å²) >= 11 is 1.70. The lowest BCUT2D eigenvalue weighted by atomic mass is 10.1. The summed E-state index contributed by atoms with van der Waals surface area (Å²) < 4.78 is 0. The van der Waals surface area contributed by atoms with E-state index in [9.17, 15) is 0 Å². The molecule has 1 N–H and O–H groups in total. The zero-order valence-electron chi connectivity index (χ0n) is 14.5. The van der Waals surface area contributed by atoms with Gasteiger partial charge in [0.05, 0.1) is 10.7 Å². The first-order valence-electron chi connectivity index (χ1n) is 8.05. The maximum Gasteiger partial charge on any atom is 0.193 e. The number of rotatable bonds is 6. The molecule has 1 aromatic heterocycles. The fraction of sp³-hybridized carbons (Fsp3) is 0.444. The van der Waals surface area contributed by atoms with Crippen LogP contribution in [-0.4, -0.2) is 36.0 Å². The third kappa shape index (κ3) is 5.36. The largest absolute Gasteiger partial charge is 0.357 e. The van der Waals surface area contributed by atoms with Gasteiger partial charge in [-0.15, -0.1) is 11.3 Å². The van der Waals surface area contributed by atoms with Crippen molar-refractivity contribution in [3.05, 3.63) is 51.5 Å². The number of aromatic nitrogens is 1. The summed E-state index contributed by atoms with van der Waals surface area (Å²) in [6.45, 7) is 8.76. The average Bonchev–Trinajstić information content (AvgIpc) is 2.94. The molecule has 0 saturated carbocycles. The van der Waals surface area contributed by atoms with Crippen LogP contribution in [0.4, 0.5) is 0 Å². The topological polar surface area (TPSA) is 40.5 Å². The molecular formula is C18H26N4S. The van der Waals surface area contributed by atoms with Crippen LogP contribution in [0, 0.1) is 13.8 Å². The summed E-state index contributed by atoms with van der Waals surface area (Å²) in [4.78, 5) is 11.4. The van der Waals surface area contributed by atoms with Gasteiger partial charge in [-0.05, 0) is 31.9 Å².